The standard InChI is InChI=1S/C19H21FN2O2/c1-13(22(3)12-15-5-4-6-17(20)11-15)19(24)21-18-9-7-16(8-10-18)14(2)23/h4-11,13H,12H2,1-3H3,(H,21,24)/t13-/m0/s1. The lowest BCUT2D eigenvalue weighted by atomic mass is 10.1. The zero-order valence-corrected chi connectivity index (χ0v) is 14.0. The predicted molar refractivity (Wildman–Crippen MR) is 92.4 cm³/mol. The van der Waals surface area contributed by atoms with Crippen LogP contribution in [0.15, 0.2) is 48.5 Å². The fourth-order valence-electron chi connectivity index (χ4n) is 2.30. The number of carbonyl (C=O) groups excluding carboxylic acids is 2. The molecule has 0 fully saturated rings. The Morgan fingerprint density at radius 3 is 2.42 bits per heavy atom. The van der Waals surface area contributed by atoms with Gasteiger partial charge < -0.3 is 5.32 Å². The maximum Gasteiger partial charge on any atom is 0.241 e. The third-order valence-electron chi connectivity index (χ3n) is 3.92. The van der Waals surface area contributed by atoms with Gasteiger partial charge in [0, 0.05) is 17.8 Å². The van der Waals surface area contributed by atoms with Gasteiger partial charge in [-0.1, -0.05) is 12.1 Å². The van der Waals surface area contributed by atoms with E-state index in [1.165, 1.54) is 19.1 Å². The monoisotopic (exact) mass is 328 g/mol. The van der Waals surface area contributed by atoms with Gasteiger partial charge in [-0.2, -0.15) is 0 Å². The summed E-state index contributed by atoms with van der Waals surface area (Å²) in [5.41, 5.74) is 2.04. The minimum atomic E-state index is -0.388. The second-order valence-corrected chi connectivity index (χ2v) is 5.84. The Morgan fingerprint density at radius 2 is 1.83 bits per heavy atom. The summed E-state index contributed by atoms with van der Waals surface area (Å²) in [6.45, 7) is 3.76. The number of anilines is 1. The van der Waals surface area contributed by atoms with Crippen LogP contribution < -0.4 is 5.32 Å². The number of amides is 1. The van der Waals surface area contributed by atoms with Crippen molar-refractivity contribution in [3.8, 4) is 0 Å². The lowest BCUT2D eigenvalue weighted by Crippen LogP contribution is -2.39. The van der Waals surface area contributed by atoms with Gasteiger partial charge in [-0.15, -0.1) is 0 Å². The van der Waals surface area contributed by atoms with E-state index >= 15 is 0 Å². The smallest absolute Gasteiger partial charge is 0.241 e. The van der Waals surface area contributed by atoms with E-state index in [0.717, 1.165) is 5.56 Å². The van der Waals surface area contributed by atoms with Crippen LogP contribution in [-0.2, 0) is 11.3 Å². The van der Waals surface area contributed by atoms with Crippen molar-refractivity contribution < 1.29 is 14.0 Å². The van der Waals surface area contributed by atoms with Crippen LogP contribution in [0, 0.1) is 5.82 Å². The highest BCUT2D eigenvalue weighted by atomic mass is 19.1. The maximum atomic E-state index is 13.2. The van der Waals surface area contributed by atoms with Gasteiger partial charge in [-0.25, -0.2) is 4.39 Å². The molecule has 2 rings (SSSR count). The van der Waals surface area contributed by atoms with Crippen LogP contribution in [-0.4, -0.2) is 29.7 Å². The van der Waals surface area contributed by atoms with Gasteiger partial charge in [-0.05, 0) is 62.9 Å². The number of carbonyl (C=O) groups is 2. The average molecular weight is 328 g/mol. The summed E-state index contributed by atoms with van der Waals surface area (Å²) in [4.78, 5) is 25.4. The molecule has 0 spiro atoms. The molecule has 0 unspecified atom stereocenters. The normalized spacial score (nSPS) is 12.0. The van der Waals surface area contributed by atoms with Crippen molar-refractivity contribution >= 4 is 17.4 Å². The zero-order valence-electron chi connectivity index (χ0n) is 14.0. The number of hydrogen-bond acceptors (Lipinski definition) is 3. The topological polar surface area (TPSA) is 49.4 Å². The number of Topliss-reactive ketones (excluding diaryl/α,β-unsaturated/α-hetero) is 1. The zero-order chi connectivity index (χ0) is 17.7. The van der Waals surface area contributed by atoms with Crippen molar-refractivity contribution in [1.29, 1.82) is 0 Å². The molecule has 0 radical (unpaired) electrons. The molecular formula is C19H21FN2O2. The minimum absolute atomic E-state index is 0.0175. The lowest BCUT2D eigenvalue weighted by Gasteiger charge is -2.24. The van der Waals surface area contributed by atoms with Crippen LogP contribution in [0.25, 0.3) is 0 Å². The number of nitrogens with one attached hydrogen (secondary N) is 1. The van der Waals surface area contributed by atoms with E-state index in [-0.39, 0.29) is 23.5 Å². The van der Waals surface area contributed by atoms with Crippen molar-refractivity contribution in [3.63, 3.8) is 0 Å². The summed E-state index contributed by atoms with van der Waals surface area (Å²) in [5, 5.41) is 2.82. The Hall–Kier alpha value is -2.53. The van der Waals surface area contributed by atoms with Gasteiger partial charge in [-0.3, -0.25) is 14.5 Å². The Kier molecular flexibility index (Phi) is 5.82. The summed E-state index contributed by atoms with van der Waals surface area (Å²) in [5.74, 6) is -0.468. The summed E-state index contributed by atoms with van der Waals surface area (Å²) < 4.78 is 13.2. The molecular weight excluding hydrogens is 307 g/mol. The first-order valence-electron chi connectivity index (χ1n) is 7.73. The molecule has 24 heavy (non-hydrogen) atoms. The Morgan fingerprint density at radius 1 is 1.17 bits per heavy atom. The quantitative estimate of drug-likeness (QED) is 0.826. The van der Waals surface area contributed by atoms with E-state index in [1.807, 2.05) is 18.0 Å². The molecule has 2 aromatic rings. The molecule has 0 saturated carbocycles. The highest BCUT2D eigenvalue weighted by molar-refractivity contribution is 5.96. The Balaban J connectivity index is 1.96. The van der Waals surface area contributed by atoms with Crippen molar-refractivity contribution in [2.45, 2.75) is 26.4 Å². The minimum Gasteiger partial charge on any atom is -0.325 e. The molecule has 1 amide bonds. The number of rotatable bonds is 6. The summed E-state index contributed by atoms with van der Waals surface area (Å²) in [6.07, 6.45) is 0. The number of benzene rings is 2. The molecule has 2 aromatic carbocycles. The first-order valence-corrected chi connectivity index (χ1v) is 7.73. The Labute approximate surface area is 141 Å². The number of nitrogens with zero attached hydrogens (tertiary/aromatic N) is 1. The summed E-state index contributed by atoms with van der Waals surface area (Å²) >= 11 is 0. The molecule has 5 heteroatoms. The van der Waals surface area contributed by atoms with Crippen LogP contribution in [0.2, 0.25) is 0 Å². The average Bonchev–Trinajstić information content (AvgIpc) is 2.54. The number of likely N-dealkylation sites (N-methyl/N-ethyl adjacent to an activating group) is 1. The number of hydrogen-bond donors (Lipinski definition) is 1. The molecule has 0 aliphatic heterocycles. The molecule has 0 aromatic heterocycles. The van der Waals surface area contributed by atoms with Gasteiger partial charge in [0.15, 0.2) is 5.78 Å². The molecule has 0 aliphatic rings. The van der Waals surface area contributed by atoms with Crippen LogP contribution in [0.1, 0.15) is 29.8 Å². The van der Waals surface area contributed by atoms with E-state index in [0.29, 0.717) is 17.8 Å². The van der Waals surface area contributed by atoms with Gasteiger partial charge in [0.25, 0.3) is 0 Å². The SMILES string of the molecule is CC(=O)c1ccc(NC(=O)[C@H](C)N(C)Cc2cccc(F)c2)cc1. The van der Waals surface area contributed by atoms with Crippen LogP contribution in [0.5, 0.6) is 0 Å². The van der Waals surface area contributed by atoms with Crippen LogP contribution in [0.4, 0.5) is 10.1 Å². The molecule has 1 N–H and O–H groups in total. The van der Waals surface area contributed by atoms with Crippen molar-refractivity contribution in [2.75, 3.05) is 12.4 Å². The van der Waals surface area contributed by atoms with E-state index in [2.05, 4.69) is 5.32 Å². The van der Waals surface area contributed by atoms with Gasteiger partial charge >= 0.3 is 0 Å². The lowest BCUT2D eigenvalue weighted by molar-refractivity contribution is -0.120. The van der Waals surface area contributed by atoms with E-state index < -0.39 is 0 Å². The van der Waals surface area contributed by atoms with Crippen molar-refractivity contribution in [3.05, 3.63) is 65.5 Å². The van der Waals surface area contributed by atoms with Crippen LogP contribution >= 0.6 is 0 Å². The van der Waals surface area contributed by atoms with Crippen molar-refractivity contribution in [2.24, 2.45) is 0 Å². The van der Waals surface area contributed by atoms with Gasteiger partial charge in [0.1, 0.15) is 5.82 Å². The fraction of sp³-hybridized carbons (Fsp3) is 0.263. The largest absolute Gasteiger partial charge is 0.325 e. The van der Waals surface area contributed by atoms with E-state index in [4.69, 9.17) is 0 Å². The highest BCUT2D eigenvalue weighted by Crippen LogP contribution is 2.13. The molecule has 126 valence electrons. The summed E-state index contributed by atoms with van der Waals surface area (Å²) in [7, 11) is 1.81. The van der Waals surface area contributed by atoms with E-state index in [1.54, 1.807) is 37.3 Å². The second-order valence-electron chi connectivity index (χ2n) is 5.84. The molecule has 0 aliphatic carbocycles. The number of halogens is 1. The second kappa shape index (κ2) is 7.84. The molecule has 4 nitrogen and oxygen atoms in total. The molecule has 0 heterocycles. The third kappa shape index (κ3) is 4.73. The predicted octanol–water partition coefficient (Wildman–Crippen LogP) is 3.49. The number of ketones is 1. The molecule has 1 atom stereocenters. The summed E-state index contributed by atoms with van der Waals surface area (Å²) in [6, 6.07) is 12.7. The maximum absolute atomic E-state index is 13.2. The van der Waals surface area contributed by atoms with Gasteiger partial charge in [0.05, 0.1) is 6.04 Å². The first kappa shape index (κ1) is 17.8. The Bertz CT molecular complexity index is 728. The fourth-order valence-corrected chi connectivity index (χ4v) is 2.30. The first-order chi connectivity index (χ1) is 11.4. The molecule has 0 bridgehead atoms. The van der Waals surface area contributed by atoms with Crippen molar-refractivity contribution in [1.82, 2.24) is 4.90 Å². The third-order valence-corrected chi connectivity index (χ3v) is 3.92. The highest BCUT2D eigenvalue weighted by Gasteiger charge is 2.18. The van der Waals surface area contributed by atoms with Gasteiger partial charge in [0.2, 0.25) is 5.91 Å². The molecule has 0 saturated heterocycles. The van der Waals surface area contributed by atoms with Crippen LogP contribution in [0.3, 0.4) is 0 Å². The van der Waals surface area contributed by atoms with E-state index in [9.17, 15) is 14.0 Å².